The van der Waals surface area contributed by atoms with Crippen molar-refractivity contribution in [3.05, 3.63) is 199 Å². The van der Waals surface area contributed by atoms with Gasteiger partial charge in [0.25, 0.3) is 0 Å². The molecule has 4 heteroatoms. The van der Waals surface area contributed by atoms with Crippen molar-refractivity contribution in [2.75, 3.05) is 0 Å². The zero-order chi connectivity index (χ0) is 38.8. The van der Waals surface area contributed by atoms with Gasteiger partial charge in [-0.2, -0.15) is 0 Å². The summed E-state index contributed by atoms with van der Waals surface area (Å²) < 4.78 is 6.44. The van der Waals surface area contributed by atoms with Crippen LogP contribution < -0.4 is 0 Å². The van der Waals surface area contributed by atoms with Gasteiger partial charge in [-0.05, 0) is 86.0 Å². The van der Waals surface area contributed by atoms with Gasteiger partial charge in [0.15, 0.2) is 17.5 Å². The van der Waals surface area contributed by atoms with Crippen LogP contribution >= 0.6 is 0 Å². The first-order valence-electron chi connectivity index (χ1n) is 19.8. The van der Waals surface area contributed by atoms with E-state index in [9.17, 15) is 0 Å². The Labute approximate surface area is 337 Å². The maximum atomic E-state index is 6.44. The Hall–Kier alpha value is -7.43. The zero-order valence-electron chi connectivity index (χ0n) is 32.1. The van der Waals surface area contributed by atoms with Crippen LogP contribution in [0.25, 0.3) is 101 Å². The quantitative estimate of drug-likeness (QED) is 0.170. The average molecular weight is 744 g/mol. The molecule has 4 nitrogen and oxygen atoms in total. The summed E-state index contributed by atoms with van der Waals surface area (Å²) >= 11 is 0. The van der Waals surface area contributed by atoms with Crippen LogP contribution in [0.2, 0.25) is 0 Å². The lowest BCUT2D eigenvalue weighted by molar-refractivity contribution is 0.660. The smallest absolute Gasteiger partial charge is 0.164 e. The molecule has 8 aromatic carbocycles. The average Bonchev–Trinajstić information content (AvgIpc) is 3.78. The van der Waals surface area contributed by atoms with E-state index in [2.05, 4.69) is 129 Å². The molecular weight excluding hydrogens is 707 g/mol. The molecule has 0 atom stereocenters. The van der Waals surface area contributed by atoms with E-state index in [1.165, 1.54) is 44.5 Å². The summed E-state index contributed by atoms with van der Waals surface area (Å²) in [5, 5.41) is 2.00. The van der Waals surface area contributed by atoms with E-state index < -0.39 is 0 Å². The molecule has 0 fully saturated rings. The van der Waals surface area contributed by atoms with Gasteiger partial charge in [0.05, 0.1) is 0 Å². The summed E-state index contributed by atoms with van der Waals surface area (Å²) in [6, 6.07) is 66.2. The van der Waals surface area contributed by atoms with E-state index in [0.717, 1.165) is 49.8 Å². The summed E-state index contributed by atoms with van der Waals surface area (Å²) in [6.07, 6.45) is 0. The molecule has 0 unspecified atom stereocenters. The fourth-order valence-corrected chi connectivity index (χ4v) is 8.74. The fraction of sp³-hybridized carbons (Fsp3) is 0.0556. The lowest BCUT2D eigenvalue weighted by atomic mass is 9.81. The molecule has 10 aromatic rings. The third-order valence-electron chi connectivity index (χ3n) is 11.8. The number of hydrogen-bond donors (Lipinski definition) is 0. The van der Waals surface area contributed by atoms with Crippen LogP contribution in [-0.4, -0.2) is 15.0 Å². The van der Waals surface area contributed by atoms with Crippen LogP contribution in [-0.2, 0) is 5.41 Å². The minimum atomic E-state index is -0.0344. The Morgan fingerprint density at radius 2 is 0.845 bits per heavy atom. The molecule has 1 aliphatic carbocycles. The standard InChI is InChI=1S/C54H37N3O/c1-54(2)46-21-10-9-19-42(46)43-29-27-41(33-47(43)54)39-18-11-17-38(31-39)34-23-25-35(26-24-34)40-28-30-48-45(32-40)50-44(20-12-22-49(50)58-48)53-56-51(36-13-5-3-6-14-36)55-52(57-53)37-15-7-4-8-16-37/h3-33H,1-2H3. The predicted molar refractivity (Wildman–Crippen MR) is 237 cm³/mol. The SMILES string of the molecule is CC1(C)c2ccccc2-c2ccc(-c3cccc(-c4ccc(-c5ccc6oc7cccc(-c8nc(-c9ccccc9)nc(-c9ccccc9)n8)c7c6c5)cc4)c3)cc21. The lowest BCUT2D eigenvalue weighted by Gasteiger charge is -2.22. The van der Waals surface area contributed by atoms with Crippen LogP contribution in [0.1, 0.15) is 25.0 Å². The number of aromatic nitrogens is 3. The molecule has 1 aliphatic rings. The maximum Gasteiger partial charge on any atom is 0.164 e. The number of hydrogen-bond acceptors (Lipinski definition) is 4. The highest BCUT2D eigenvalue weighted by Crippen LogP contribution is 2.49. The van der Waals surface area contributed by atoms with Crippen LogP contribution in [0.4, 0.5) is 0 Å². The Kier molecular flexibility index (Phi) is 7.80. The van der Waals surface area contributed by atoms with Crippen molar-refractivity contribution in [1.29, 1.82) is 0 Å². The van der Waals surface area contributed by atoms with Crippen molar-refractivity contribution in [3.63, 3.8) is 0 Å². The molecule has 0 bridgehead atoms. The van der Waals surface area contributed by atoms with Gasteiger partial charge in [0, 0.05) is 32.9 Å². The Bertz CT molecular complexity index is 3120. The van der Waals surface area contributed by atoms with Gasteiger partial charge < -0.3 is 4.42 Å². The molecule has 58 heavy (non-hydrogen) atoms. The van der Waals surface area contributed by atoms with E-state index in [1.54, 1.807) is 0 Å². The summed E-state index contributed by atoms with van der Waals surface area (Å²) in [4.78, 5) is 15.0. The van der Waals surface area contributed by atoms with Crippen LogP contribution in [0, 0.1) is 0 Å². The fourth-order valence-electron chi connectivity index (χ4n) is 8.74. The maximum absolute atomic E-state index is 6.44. The first kappa shape index (κ1) is 33.9. The van der Waals surface area contributed by atoms with Gasteiger partial charge in [-0.15, -0.1) is 0 Å². The van der Waals surface area contributed by atoms with E-state index in [1.807, 2.05) is 72.8 Å². The predicted octanol–water partition coefficient (Wildman–Crippen LogP) is 14.1. The minimum absolute atomic E-state index is 0.0344. The summed E-state index contributed by atoms with van der Waals surface area (Å²) in [5.41, 5.74) is 16.9. The van der Waals surface area contributed by atoms with Gasteiger partial charge in [-0.3, -0.25) is 0 Å². The molecule has 0 saturated carbocycles. The summed E-state index contributed by atoms with van der Waals surface area (Å²) in [5.74, 6) is 1.86. The lowest BCUT2D eigenvalue weighted by Crippen LogP contribution is -2.14. The normalized spacial score (nSPS) is 12.8. The topological polar surface area (TPSA) is 51.8 Å². The van der Waals surface area contributed by atoms with Gasteiger partial charge >= 0.3 is 0 Å². The molecule has 2 heterocycles. The van der Waals surface area contributed by atoms with Crippen molar-refractivity contribution >= 4 is 21.9 Å². The molecule has 0 radical (unpaired) electrons. The first-order chi connectivity index (χ1) is 28.5. The highest BCUT2D eigenvalue weighted by Gasteiger charge is 2.35. The molecule has 11 rings (SSSR count). The van der Waals surface area contributed by atoms with E-state index in [-0.39, 0.29) is 5.41 Å². The second-order valence-electron chi connectivity index (χ2n) is 15.6. The Morgan fingerprint density at radius 3 is 1.55 bits per heavy atom. The number of rotatable bonds is 6. The van der Waals surface area contributed by atoms with Gasteiger partial charge in [-0.25, -0.2) is 15.0 Å². The van der Waals surface area contributed by atoms with Crippen molar-refractivity contribution in [3.8, 4) is 78.7 Å². The van der Waals surface area contributed by atoms with Crippen molar-refractivity contribution in [2.45, 2.75) is 19.3 Å². The molecule has 2 aromatic heterocycles. The van der Waals surface area contributed by atoms with Crippen molar-refractivity contribution in [1.82, 2.24) is 15.0 Å². The number of benzene rings is 8. The molecule has 0 spiro atoms. The van der Waals surface area contributed by atoms with E-state index in [0.29, 0.717) is 17.5 Å². The molecule has 274 valence electrons. The molecule has 0 amide bonds. The molecular formula is C54H37N3O. The van der Waals surface area contributed by atoms with Crippen molar-refractivity contribution in [2.24, 2.45) is 0 Å². The number of furan rings is 1. The first-order valence-corrected chi connectivity index (χ1v) is 19.8. The summed E-state index contributed by atoms with van der Waals surface area (Å²) in [7, 11) is 0. The molecule has 0 aliphatic heterocycles. The third-order valence-corrected chi connectivity index (χ3v) is 11.8. The second-order valence-corrected chi connectivity index (χ2v) is 15.6. The van der Waals surface area contributed by atoms with Crippen LogP contribution in [0.15, 0.2) is 192 Å². The molecule has 0 N–H and O–H groups in total. The second kappa shape index (κ2) is 13.4. The van der Waals surface area contributed by atoms with Gasteiger partial charge in [-0.1, -0.05) is 172 Å². The Balaban J connectivity index is 0.947. The Morgan fingerprint density at radius 1 is 0.345 bits per heavy atom. The van der Waals surface area contributed by atoms with Gasteiger partial charge in [0.2, 0.25) is 0 Å². The largest absolute Gasteiger partial charge is 0.456 e. The van der Waals surface area contributed by atoms with Crippen molar-refractivity contribution < 1.29 is 4.42 Å². The zero-order valence-corrected chi connectivity index (χ0v) is 32.1. The van der Waals surface area contributed by atoms with E-state index >= 15 is 0 Å². The summed E-state index contributed by atoms with van der Waals surface area (Å²) in [6.45, 7) is 4.67. The van der Waals surface area contributed by atoms with Crippen LogP contribution in [0.3, 0.4) is 0 Å². The minimum Gasteiger partial charge on any atom is -0.456 e. The van der Waals surface area contributed by atoms with E-state index in [4.69, 9.17) is 19.4 Å². The number of nitrogens with zero attached hydrogens (tertiary/aromatic N) is 3. The van der Waals surface area contributed by atoms with Crippen LogP contribution in [0.5, 0.6) is 0 Å². The highest BCUT2D eigenvalue weighted by atomic mass is 16.3. The third kappa shape index (κ3) is 5.64. The monoisotopic (exact) mass is 743 g/mol. The highest BCUT2D eigenvalue weighted by molar-refractivity contribution is 6.12. The van der Waals surface area contributed by atoms with Gasteiger partial charge in [0.1, 0.15) is 11.2 Å². The molecule has 0 saturated heterocycles. The number of fused-ring (bicyclic) bond motifs is 6.